The zero-order chi connectivity index (χ0) is 17.2. The minimum atomic E-state index is -0.723. The predicted molar refractivity (Wildman–Crippen MR) is 84.2 cm³/mol. The molecule has 2 N–H and O–H groups in total. The van der Waals surface area contributed by atoms with Crippen LogP contribution in [0.15, 0.2) is 36.9 Å². The second kappa shape index (κ2) is 9.24. The first-order valence-corrected chi connectivity index (χ1v) is 7.04. The minimum absolute atomic E-state index is 0.0312. The number of carbonyl (C=O) groups is 3. The third kappa shape index (κ3) is 7.12. The van der Waals surface area contributed by atoms with Crippen molar-refractivity contribution < 1.29 is 23.9 Å². The van der Waals surface area contributed by atoms with Gasteiger partial charge in [0.15, 0.2) is 6.61 Å². The van der Waals surface area contributed by atoms with Gasteiger partial charge in [0.2, 0.25) is 0 Å². The van der Waals surface area contributed by atoms with Crippen molar-refractivity contribution in [3.8, 4) is 5.75 Å². The predicted octanol–water partition coefficient (Wildman–Crippen LogP) is 1.64. The maximum atomic E-state index is 11.8. The summed E-state index contributed by atoms with van der Waals surface area (Å²) in [6.45, 7) is 6.89. The number of esters is 1. The van der Waals surface area contributed by atoms with E-state index < -0.39 is 24.5 Å². The van der Waals surface area contributed by atoms with Gasteiger partial charge < -0.3 is 14.8 Å². The largest absolute Gasteiger partial charge is 0.491 e. The number of imide groups is 1. The van der Waals surface area contributed by atoms with E-state index in [0.29, 0.717) is 5.75 Å². The van der Waals surface area contributed by atoms with Gasteiger partial charge >= 0.3 is 12.0 Å². The maximum Gasteiger partial charge on any atom is 0.338 e. The zero-order valence-electron chi connectivity index (χ0n) is 13.1. The van der Waals surface area contributed by atoms with Crippen molar-refractivity contribution >= 4 is 17.9 Å². The Morgan fingerprint density at radius 1 is 1.22 bits per heavy atom. The van der Waals surface area contributed by atoms with Crippen LogP contribution in [0.5, 0.6) is 5.75 Å². The lowest BCUT2D eigenvalue weighted by molar-refractivity contribution is -0.123. The van der Waals surface area contributed by atoms with Crippen molar-refractivity contribution in [3.05, 3.63) is 42.5 Å². The van der Waals surface area contributed by atoms with Crippen LogP contribution in [0.2, 0.25) is 0 Å². The molecule has 0 spiro atoms. The first kappa shape index (κ1) is 18.2. The van der Waals surface area contributed by atoms with Gasteiger partial charge in [-0.25, -0.2) is 9.59 Å². The summed E-state index contributed by atoms with van der Waals surface area (Å²) >= 11 is 0. The monoisotopic (exact) mass is 320 g/mol. The lowest BCUT2D eigenvalue weighted by Gasteiger charge is -2.10. The van der Waals surface area contributed by atoms with Crippen LogP contribution >= 0.6 is 0 Å². The van der Waals surface area contributed by atoms with Gasteiger partial charge in [0, 0.05) is 6.54 Å². The fraction of sp³-hybridized carbons (Fsp3) is 0.312. The van der Waals surface area contributed by atoms with Crippen molar-refractivity contribution in [2.45, 2.75) is 20.0 Å². The summed E-state index contributed by atoms with van der Waals surface area (Å²) in [4.78, 5) is 34.4. The number of hydrogen-bond donors (Lipinski definition) is 2. The van der Waals surface area contributed by atoms with Gasteiger partial charge in [-0.3, -0.25) is 10.1 Å². The van der Waals surface area contributed by atoms with E-state index in [1.54, 1.807) is 12.1 Å². The molecule has 124 valence electrons. The number of ether oxygens (including phenoxy) is 2. The fourth-order valence-corrected chi connectivity index (χ4v) is 1.53. The molecule has 0 radical (unpaired) electrons. The molecule has 1 aromatic carbocycles. The van der Waals surface area contributed by atoms with Gasteiger partial charge in [-0.1, -0.05) is 6.08 Å². The van der Waals surface area contributed by atoms with E-state index in [0.717, 1.165) is 0 Å². The number of nitrogens with one attached hydrogen (secondary N) is 2. The number of amides is 3. The Balaban J connectivity index is 2.42. The zero-order valence-corrected chi connectivity index (χ0v) is 13.1. The smallest absolute Gasteiger partial charge is 0.338 e. The Kier molecular flexibility index (Phi) is 7.32. The summed E-state index contributed by atoms with van der Waals surface area (Å²) in [5, 5.41) is 4.38. The first-order chi connectivity index (χ1) is 10.9. The average molecular weight is 320 g/mol. The molecule has 0 aliphatic carbocycles. The highest BCUT2D eigenvalue weighted by Crippen LogP contribution is 2.14. The molecule has 7 nitrogen and oxygen atoms in total. The molecule has 0 saturated carbocycles. The molecule has 7 heteroatoms. The molecule has 0 aromatic heterocycles. The maximum absolute atomic E-state index is 11.8. The van der Waals surface area contributed by atoms with Crippen LogP contribution in [0.3, 0.4) is 0 Å². The van der Waals surface area contributed by atoms with Crippen molar-refractivity contribution in [2.24, 2.45) is 0 Å². The fourth-order valence-electron chi connectivity index (χ4n) is 1.53. The van der Waals surface area contributed by atoms with E-state index in [1.807, 2.05) is 19.2 Å². The van der Waals surface area contributed by atoms with E-state index in [-0.39, 0.29) is 18.2 Å². The Hall–Kier alpha value is -2.83. The molecule has 0 saturated heterocycles. The van der Waals surface area contributed by atoms with E-state index in [4.69, 9.17) is 9.47 Å². The highest BCUT2D eigenvalue weighted by atomic mass is 16.5. The standard InChI is InChI=1S/C16H20N2O5/c1-4-9-17-16(21)18-14(19)10-22-15(20)12-5-7-13(8-6-12)23-11(2)3/h4-8,11H,1,9-10H2,2-3H3,(H2,17,18,19,21). The summed E-state index contributed by atoms with van der Waals surface area (Å²) in [7, 11) is 0. The summed E-state index contributed by atoms with van der Waals surface area (Å²) in [6.07, 6.45) is 1.50. The highest BCUT2D eigenvalue weighted by Gasteiger charge is 2.12. The lowest BCUT2D eigenvalue weighted by Crippen LogP contribution is -2.41. The highest BCUT2D eigenvalue weighted by molar-refractivity contribution is 5.97. The molecule has 0 aliphatic rings. The van der Waals surface area contributed by atoms with E-state index in [9.17, 15) is 14.4 Å². The van der Waals surface area contributed by atoms with Crippen LogP contribution in [-0.4, -0.2) is 37.2 Å². The third-order valence-electron chi connectivity index (χ3n) is 2.46. The Labute approximate surface area is 134 Å². The number of rotatable bonds is 7. The lowest BCUT2D eigenvalue weighted by atomic mass is 10.2. The van der Waals surface area contributed by atoms with Gasteiger partial charge in [0.05, 0.1) is 11.7 Å². The van der Waals surface area contributed by atoms with Crippen molar-refractivity contribution in [1.29, 1.82) is 0 Å². The van der Waals surface area contributed by atoms with Gasteiger partial charge in [-0.05, 0) is 38.1 Å². The minimum Gasteiger partial charge on any atom is -0.491 e. The molecular weight excluding hydrogens is 300 g/mol. The SMILES string of the molecule is C=CCNC(=O)NC(=O)COC(=O)c1ccc(OC(C)C)cc1. The number of hydrogen-bond acceptors (Lipinski definition) is 5. The van der Waals surface area contributed by atoms with Crippen LogP contribution < -0.4 is 15.4 Å². The van der Waals surface area contributed by atoms with Gasteiger partial charge in [-0.2, -0.15) is 0 Å². The second-order valence-corrected chi connectivity index (χ2v) is 4.81. The van der Waals surface area contributed by atoms with Crippen molar-refractivity contribution in [3.63, 3.8) is 0 Å². The van der Waals surface area contributed by atoms with Crippen molar-refractivity contribution in [2.75, 3.05) is 13.2 Å². The first-order valence-electron chi connectivity index (χ1n) is 7.04. The topological polar surface area (TPSA) is 93.7 Å². The molecule has 0 heterocycles. The molecular formula is C16H20N2O5. The molecule has 0 aliphatic heterocycles. The molecule has 0 unspecified atom stereocenters. The van der Waals surface area contributed by atoms with E-state index in [2.05, 4.69) is 11.9 Å². The number of urea groups is 1. The van der Waals surface area contributed by atoms with E-state index >= 15 is 0 Å². The average Bonchev–Trinajstić information content (AvgIpc) is 2.50. The normalized spacial score (nSPS) is 9.87. The third-order valence-corrected chi connectivity index (χ3v) is 2.46. The van der Waals surface area contributed by atoms with Crippen LogP contribution in [0.4, 0.5) is 4.79 Å². The summed E-state index contributed by atoms with van der Waals surface area (Å²) in [5.41, 5.74) is 0.282. The van der Waals surface area contributed by atoms with Gasteiger partial charge in [0.1, 0.15) is 5.75 Å². The number of carbonyl (C=O) groups excluding carboxylic acids is 3. The van der Waals surface area contributed by atoms with Crippen molar-refractivity contribution in [1.82, 2.24) is 10.6 Å². The molecule has 1 rings (SSSR count). The van der Waals surface area contributed by atoms with Crippen LogP contribution in [0.1, 0.15) is 24.2 Å². The van der Waals surface area contributed by atoms with Crippen LogP contribution in [-0.2, 0) is 9.53 Å². The van der Waals surface area contributed by atoms with Crippen LogP contribution in [0, 0.1) is 0 Å². The molecule has 3 amide bonds. The molecule has 23 heavy (non-hydrogen) atoms. The van der Waals surface area contributed by atoms with Crippen LogP contribution in [0.25, 0.3) is 0 Å². The Bertz CT molecular complexity index is 566. The Morgan fingerprint density at radius 3 is 2.43 bits per heavy atom. The molecule has 1 aromatic rings. The number of benzene rings is 1. The summed E-state index contributed by atoms with van der Waals surface area (Å²) in [6, 6.07) is 5.67. The second-order valence-electron chi connectivity index (χ2n) is 4.81. The molecule has 0 bridgehead atoms. The molecule has 0 fully saturated rings. The van der Waals surface area contributed by atoms with E-state index in [1.165, 1.54) is 18.2 Å². The van der Waals surface area contributed by atoms with Gasteiger partial charge in [0.25, 0.3) is 5.91 Å². The summed E-state index contributed by atoms with van der Waals surface area (Å²) in [5.74, 6) is -0.754. The molecule has 0 atom stereocenters. The Morgan fingerprint density at radius 2 is 1.87 bits per heavy atom. The van der Waals surface area contributed by atoms with Gasteiger partial charge in [-0.15, -0.1) is 6.58 Å². The quantitative estimate of drug-likeness (QED) is 0.588. The summed E-state index contributed by atoms with van der Waals surface area (Å²) < 4.78 is 10.3.